The summed E-state index contributed by atoms with van der Waals surface area (Å²) in [6.45, 7) is 2.78. The van der Waals surface area contributed by atoms with Gasteiger partial charge in [-0.2, -0.15) is 10.2 Å². The van der Waals surface area contributed by atoms with Crippen LogP contribution in [0.5, 0.6) is 0 Å². The summed E-state index contributed by atoms with van der Waals surface area (Å²) in [5, 5.41) is 11.4. The molecular formula is C17H24N6O. The number of aromatic nitrogens is 5. The van der Waals surface area contributed by atoms with Gasteiger partial charge in [-0.25, -0.2) is 4.98 Å². The fourth-order valence-electron chi connectivity index (χ4n) is 4.14. The zero-order valence-electron chi connectivity index (χ0n) is 14.1. The van der Waals surface area contributed by atoms with E-state index in [4.69, 9.17) is 0 Å². The Kier molecular flexibility index (Phi) is 4.08. The lowest BCUT2D eigenvalue weighted by molar-refractivity contribution is 0.0599. The fraction of sp³-hybridized carbons (Fsp3) is 0.647. The van der Waals surface area contributed by atoms with Crippen molar-refractivity contribution in [3.63, 3.8) is 0 Å². The van der Waals surface area contributed by atoms with Crippen LogP contribution in [0.25, 0.3) is 0 Å². The van der Waals surface area contributed by atoms with Crippen LogP contribution in [0.1, 0.15) is 78.9 Å². The van der Waals surface area contributed by atoms with Crippen LogP contribution in [0.15, 0.2) is 12.5 Å². The van der Waals surface area contributed by atoms with Crippen molar-refractivity contribution >= 4 is 5.91 Å². The van der Waals surface area contributed by atoms with Gasteiger partial charge in [0, 0.05) is 12.2 Å². The van der Waals surface area contributed by atoms with Gasteiger partial charge in [-0.1, -0.05) is 12.8 Å². The van der Waals surface area contributed by atoms with Crippen molar-refractivity contribution < 1.29 is 4.79 Å². The number of hydrogen-bond acceptors (Lipinski definition) is 4. The van der Waals surface area contributed by atoms with E-state index in [1.807, 2.05) is 11.8 Å². The molecule has 3 heterocycles. The molecule has 1 aliphatic carbocycles. The Bertz CT molecular complexity index is 701. The van der Waals surface area contributed by atoms with Crippen molar-refractivity contribution in [1.82, 2.24) is 29.9 Å². The van der Waals surface area contributed by atoms with Gasteiger partial charge < -0.3 is 4.90 Å². The maximum absolute atomic E-state index is 13.2. The predicted octanol–water partition coefficient (Wildman–Crippen LogP) is 2.79. The summed E-state index contributed by atoms with van der Waals surface area (Å²) in [7, 11) is 0. The first kappa shape index (κ1) is 15.4. The molecule has 1 aliphatic heterocycles. The Morgan fingerprint density at radius 1 is 1.21 bits per heavy atom. The Morgan fingerprint density at radius 2 is 2.00 bits per heavy atom. The van der Waals surface area contributed by atoms with E-state index in [0.717, 1.165) is 42.9 Å². The van der Waals surface area contributed by atoms with Crippen molar-refractivity contribution in [2.24, 2.45) is 0 Å². The molecule has 1 saturated heterocycles. The van der Waals surface area contributed by atoms with Crippen molar-refractivity contribution in [3.8, 4) is 0 Å². The zero-order chi connectivity index (χ0) is 16.5. The molecule has 7 heteroatoms. The number of H-pyrrole nitrogens is 1. The van der Waals surface area contributed by atoms with Crippen molar-refractivity contribution in [2.45, 2.75) is 64.0 Å². The van der Waals surface area contributed by atoms with Gasteiger partial charge >= 0.3 is 0 Å². The van der Waals surface area contributed by atoms with Crippen LogP contribution >= 0.6 is 0 Å². The Morgan fingerprint density at radius 3 is 2.75 bits per heavy atom. The van der Waals surface area contributed by atoms with E-state index in [1.165, 1.54) is 32.0 Å². The van der Waals surface area contributed by atoms with Crippen LogP contribution in [0.4, 0.5) is 0 Å². The van der Waals surface area contributed by atoms with E-state index in [0.29, 0.717) is 6.04 Å². The second-order valence-corrected chi connectivity index (χ2v) is 6.91. The van der Waals surface area contributed by atoms with Gasteiger partial charge in [0.25, 0.3) is 5.91 Å². The summed E-state index contributed by atoms with van der Waals surface area (Å²) in [6.07, 6.45) is 11.2. The van der Waals surface area contributed by atoms with E-state index >= 15 is 0 Å². The number of nitrogens with zero attached hydrogens (tertiary/aromatic N) is 5. The largest absolute Gasteiger partial charge is 0.328 e. The summed E-state index contributed by atoms with van der Waals surface area (Å²) in [5.74, 6) is 0.849. The van der Waals surface area contributed by atoms with E-state index in [9.17, 15) is 4.79 Å². The van der Waals surface area contributed by atoms with Crippen LogP contribution in [-0.2, 0) is 0 Å². The Balaban J connectivity index is 1.60. The monoisotopic (exact) mass is 328 g/mol. The minimum Gasteiger partial charge on any atom is -0.328 e. The average Bonchev–Trinajstić information content (AvgIpc) is 3.35. The highest BCUT2D eigenvalue weighted by molar-refractivity contribution is 5.95. The lowest BCUT2D eigenvalue weighted by atomic mass is 10.0. The first-order valence-electron chi connectivity index (χ1n) is 8.96. The molecule has 2 aliphatic rings. The van der Waals surface area contributed by atoms with Gasteiger partial charge in [-0.3, -0.25) is 14.6 Å². The molecule has 1 atom stereocenters. The molecule has 1 N–H and O–H groups in total. The summed E-state index contributed by atoms with van der Waals surface area (Å²) < 4.78 is 2.06. The molecule has 0 aromatic carbocycles. The molecule has 24 heavy (non-hydrogen) atoms. The maximum Gasteiger partial charge on any atom is 0.257 e. The summed E-state index contributed by atoms with van der Waals surface area (Å²) in [6, 6.07) is 0.445. The van der Waals surface area contributed by atoms with Crippen LogP contribution < -0.4 is 0 Å². The number of carbonyl (C=O) groups excluding carboxylic acids is 1. The third-order valence-corrected chi connectivity index (χ3v) is 5.46. The van der Waals surface area contributed by atoms with E-state index < -0.39 is 0 Å². The molecule has 2 aromatic heterocycles. The number of carbonyl (C=O) groups is 1. The molecule has 0 bridgehead atoms. The Labute approximate surface area is 141 Å². The summed E-state index contributed by atoms with van der Waals surface area (Å²) in [5.41, 5.74) is 1.72. The molecule has 7 nitrogen and oxygen atoms in total. The zero-order valence-corrected chi connectivity index (χ0v) is 14.1. The SMILES string of the molecule is Cc1c(C(=O)N2CCCCC2c2ncn[nH]2)cnn1C1CCCC1. The smallest absolute Gasteiger partial charge is 0.257 e. The quantitative estimate of drug-likeness (QED) is 0.939. The standard InChI is InChI=1S/C17H24N6O/c1-12-14(10-20-23(12)13-6-2-3-7-13)17(24)22-9-5-4-8-15(22)16-18-11-19-21-16/h10-11,13,15H,2-9H2,1H3,(H,18,19,21). The molecule has 128 valence electrons. The molecular weight excluding hydrogens is 304 g/mol. The van der Waals surface area contributed by atoms with Crippen LogP contribution in [-0.4, -0.2) is 42.3 Å². The van der Waals surface area contributed by atoms with E-state index in [1.54, 1.807) is 6.20 Å². The van der Waals surface area contributed by atoms with Gasteiger partial charge in [0.05, 0.1) is 23.8 Å². The molecule has 0 spiro atoms. The minimum absolute atomic E-state index is 0.0111. The summed E-state index contributed by atoms with van der Waals surface area (Å²) in [4.78, 5) is 19.4. The third kappa shape index (κ3) is 2.61. The van der Waals surface area contributed by atoms with Gasteiger partial charge in [-0.15, -0.1) is 0 Å². The number of hydrogen-bond donors (Lipinski definition) is 1. The highest BCUT2D eigenvalue weighted by Crippen LogP contribution is 2.33. The first-order chi connectivity index (χ1) is 11.8. The van der Waals surface area contributed by atoms with E-state index in [2.05, 4.69) is 25.0 Å². The average molecular weight is 328 g/mol. The lowest BCUT2D eigenvalue weighted by Gasteiger charge is -2.34. The number of aromatic amines is 1. The molecule has 1 saturated carbocycles. The molecule has 2 fully saturated rings. The van der Waals surface area contributed by atoms with Crippen molar-refractivity contribution in [3.05, 3.63) is 29.6 Å². The molecule has 2 aromatic rings. The third-order valence-electron chi connectivity index (χ3n) is 5.46. The van der Waals surface area contributed by atoms with Gasteiger partial charge in [0.2, 0.25) is 0 Å². The van der Waals surface area contributed by atoms with Crippen LogP contribution in [0.2, 0.25) is 0 Å². The van der Waals surface area contributed by atoms with Crippen LogP contribution in [0.3, 0.4) is 0 Å². The topological polar surface area (TPSA) is 79.7 Å². The van der Waals surface area contributed by atoms with Gasteiger partial charge in [0.15, 0.2) is 0 Å². The number of piperidine rings is 1. The minimum atomic E-state index is -0.0111. The van der Waals surface area contributed by atoms with Gasteiger partial charge in [-0.05, 0) is 39.0 Å². The number of nitrogens with one attached hydrogen (secondary N) is 1. The lowest BCUT2D eigenvalue weighted by Crippen LogP contribution is -2.39. The number of amides is 1. The predicted molar refractivity (Wildman–Crippen MR) is 88.5 cm³/mol. The normalized spacial score (nSPS) is 22.2. The van der Waals surface area contributed by atoms with Gasteiger partial charge in [0.1, 0.15) is 12.2 Å². The molecule has 1 unspecified atom stereocenters. The molecule has 1 amide bonds. The first-order valence-corrected chi connectivity index (χ1v) is 8.96. The Hall–Kier alpha value is -2.18. The van der Waals surface area contributed by atoms with E-state index in [-0.39, 0.29) is 11.9 Å². The molecule has 4 rings (SSSR count). The van der Waals surface area contributed by atoms with Crippen molar-refractivity contribution in [1.29, 1.82) is 0 Å². The second-order valence-electron chi connectivity index (χ2n) is 6.91. The van der Waals surface area contributed by atoms with Crippen LogP contribution in [0, 0.1) is 6.92 Å². The fourth-order valence-corrected chi connectivity index (χ4v) is 4.14. The molecule has 0 radical (unpaired) electrons. The maximum atomic E-state index is 13.2. The number of likely N-dealkylation sites (tertiary alicyclic amines) is 1. The highest BCUT2D eigenvalue weighted by Gasteiger charge is 2.32. The highest BCUT2D eigenvalue weighted by atomic mass is 16.2. The second kappa shape index (κ2) is 6.37. The van der Waals surface area contributed by atoms with Crippen molar-refractivity contribution in [2.75, 3.05) is 6.54 Å². The number of rotatable bonds is 3. The summed E-state index contributed by atoms with van der Waals surface area (Å²) >= 11 is 0.